The van der Waals surface area contributed by atoms with Crippen LogP contribution in [0.15, 0.2) is 0 Å². The van der Waals surface area contributed by atoms with Gasteiger partial charge in [-0.2, -0.15) is 0 Å². The Hall–Kier alpha value is -1.14. The highest BCUT2D eigenvalue weighted by Gasteiger charge is 2.13. The van der Waals surface area contributed by atoms with Crippen molar-refractivity contribution in [3.8, 4) is 0 Å². The van der Waals surface area contributed by atoms with Crippen molar-refractivity contribution in [3.05, 3.63) is 0 Å². The monoisotopic (exact) mass is 232 g/mol. The highest BCUT2D eigenvalue weighted by molar-refractivity contribution is 5.66. The van der Waals surface area contributed by atoms with Crippen LogP contribution in [0.3, 0.4) is 0 Å². The maximum atomic E-state index is 10.3. The second kappa shape index (κ2) is 8.06. The van der Waals surface area contributed by atoms with Gasteiger partial charge in [0.05, 0.1) is 0 Å². The summed E-state index contributed by atoms with van der Waals surface area (Å²) in [6, 6.07) is -0.513. The van der Waals surface area contributed by atoms with Gasteiger partial charge in [-0.25, -0.2) is 0 Å². The molecule has 0 fully saturated rings. The molecular formula is C10H20N2O4. The summed E-state index contributed by atoms with van der Waals surface area (Å²) >= 11 is 0. The van der Waals surface area contributed by atoms with Gasteiger partial charge in [0.1, 0.15) is 0 Å². The van der Waals surface area contributed by atoms with E-state index in [-0.39, 0.29) is 24.9 Å². The van der Waals surface area contributed by atoms with Crippen LogP contribution in [0.4, 0.5) is 0 Å². The summed E-state index contributed by atoms with van der Waals surface area (Å²) in [6.07, 6.45) is 2.30. The third kappa shape index (κ3) is 8.19. The van der Waals surface area contributed by atoms with Gasteiger partial charge in [0.25, 0.3) is 0 Å². The number of rotatable bonds is 9. The number of aliphatic carboxylic acids is 2. The maximum absolute atomic E-state index is 10.3. The first kappa shape index (κ1) is 14.9. The molecule has 0 spiro atoms. The van der Waals surface area contributed by atoms with Crippen LogP contribution < -0.4 is 11.5 Å². The minimum absolute atomic E-state index is 0.0928. The van der Waals surface area contributed by atoms with Crippen molar-refractivity contribution in [2.24, 2.45) is 11.5 Å². The molecular weight excluding hydrogens is 212 g/mol. The molecule has 0 aromatic heterocycles. The molecule has 0 saturated carbocycles. The topological polar surface area (TPSA) is 127 Å². The van der Waals surface area contributed by atoms with Gasteiger partial charge in [-0.05, 0) is 25.7 Å². The van der Waals surface area contributed by atoms with E-state index in [0.29, 0.717) is 25.7 Å². The Morgan fingerprint density at radius 2 is 1.19 bits per heavy atom. The van der Waals surface area contributed by atoms with Crippen molar-refractivity contribution in [1.82, 2.24) is 0 Å². The molecule has 6 N–H and O–H groups in total. The van der Waals surface area contributed by atoms with E-state index in [1.807, 2.05) is 0 Å². The summed E-state index contributed by atoms with van der Waals surface area (Å²) in [5.41, 5.74) is 11.5. The standard InChI is InChI=1S/C10H20N2O4/c11-7(3-1-5-9(13)14)8(12)4-2-6-10(15)16/h7-8H,1-6,11-12H2,(H,13,14)(H,15,16). The van der Waals surface area contributed by atoms with E-state index in [1.165, 1.54) is 0 Å². The van der Waals surface area contributed by atoms with Gasteiger partial charge in [0, 0.05) is 24.9 Å². The van der Waals surface area contributed by atoms with Crippen LogP contribution in [0, 0.1) is 0 Å². The van der Waals surface area contributed by atoms with Gasteiger partial charge in [0.15, 0.2) is 0 Å². The van der Waals surface area contributed by atoms with Crippen LogP contribution in [-0.2, 0) is 9.59 Å². The molecule has 0 aliphatic rings. The van der Waals surface area contributed by atoms with E-state index < -0.39 is 11.9 Å². The first-order valence-corrected chi connectivity index (χ1v) is 5.38. The molecule has 2 unspecified atom stereocenters. The molecule has 6 nitrogen and oxygen atoms in total. The van der Waals surface area contributed by atoms with Gasteiger partial charge in [-0.15, -0.1) is 0 Å². The van der Waals surface area contributed by atoms with Crippen LogP contribution in [0.25, 0.3) is 0 Å². The fourth-order valence-electron chi connectivity index (χ4n) is 1.41. The summed E-state index contributed by atoms with van der Waals surface area (Å²) in [5.74, 6) is -1.68. The van der Waals surface area contributed by atoms with E-state index >= 15 is 0 Å². The Morgan fingerprint density at radius 1 is 0.875 bits per heavy atom. The average Bonchev–Trinajstić information content (AvgIpc) is 2.16. The first-order chi connectivity index (χ1) is 7.43. The molecule has 16 heavy (non-hydrogen) atoms. The van der Waals surface area contributed by atoms with Crippen molar-refractivity contribution >= 4 is 11.9 Å². The highest BCUT2D eigenvalue weighted by atomic mass is 16.4. The predicted octanol–water partition coefficient (Wildman–Crippen LogP) is 0.151. The van der Waals surface area contributed by atoms with Crippen molar-refractivity contribution in [1.29, 1.82) is 0 Å². The van der Waals surface area contributed by atoms with Crippen molar-refractivity contribution in [2.45, 2.75) is 50.6 Å². The molecule has 0 saturated heterocycles. The van der Waals surface area contributed by atoms with Crippen molar-refractivity contribution < 1.29 is 19.8 Å². The Balaban J connectivity index is 3.60. The molecule has 0 bridgehead atoms. The molecule has 0 radical (unpaired) electrons. The van der Waals surface area contributed by atoms with Gasteiger partial charge >= 0.3 is 11.9 Å². The van der Waals surface area contributed by atoms with E-state index in [9.17, 15) is 9.59 Å². The maximum Gasteiger partial charge on any atom is 0.303 e. The van der Waals surface area contributed by atoms with Gasteiger partial charge < -0.3 is 21.7 Å². The summed E-state index contributed by atoms with van der Waals surface area (Å²) in [5, 5.41) is 16.9. The Labute approximate surface area is 94.6 Å². The molecule has 0 aliphatic heterocycles. The second-order valence-corrected chi connectivity index (χ2v) is 3.90. The SMILES string of the molecule is NC(CCCC(=O)O)C(N)CCCC(=O)O. The molecule has 0 aromatic rings. The number of carbonyl (C=O) groups is 2. The van der Waals surface area contributed by atoms with Crippen LogP contribution >= 0.6 is 0 Å². The van der Waals surface area contributed by atoms with Gasteiger partial charge in [-0.1, -0.05) is 0 Å². The number of hydrogen-bond donors (Lipinski definition) is 4. The van der Waals surface area contributed by atoms with Gasteiger partial charge in [0.2, 0.25) is 0 Å². The van der Waals surface area contributed by atoms with Crippen LogP contribution in [0.2, 0.25) is 0 Å². The quantitative estimate of drug-likeness (QED) is 0.448. The summed E-state index contributed by atoms with van der Waals surface area (Å²) < 4.78 is 0. The number of hydrogen-bond acceptors (Lipinski definition) is 4. The van der Waals surface area contributed by atoms with E-state index in [0.717, 1.165) is 0 Å². The minimum Gasteiger partial charge on any atom is -0.481 e. The Morgan fingerprint density at radius 3 is 1.44 bits per heavy atom. The Kier molecular flexibility index (Phi) is 7.49. The number of nitrogens with two attached hydrogens (primary N) is 2. The summed E-state index contributed by atoms with van der Waals surface area (Å²) in [4.78, 5) is 20.5. The normalized spacial score (nSPS) is 14.4. The largest absolute Gasteiger partial charge is 0.481 e. The molecule has 0 aliphatic carbocycles. The molecule has 6 heteroatoms. The van der Waals surface area contributed by atoms with Crippen molar-refractivity contribution in [3.63, 3.8) is 0 Å². The van der Waals surface area contributed by atoms with Gasteiger partial charge in [-0.3, -0.25) is 9.59 Å². The highest BCUT2D eigenvalue weighted by Crippen LogP contribution is 2.07. The molecule has 0 amide bonds. The van der Waals surface area contributed by atoms with E-state index in [1.54, 1.807) is 0 Å². The number of carboxylic acid groups (broad SMARTS) is 2. The fourth-order valence-corrected chi connectivity index (χ4v) is 1.41. The zero-order valence-corrected chi connectivity index (χ0v) is 9.26. The second-order valence-electron chi connectivity index (χ2n) is 3.90. The Bertz CT molecular complexity index is 209. The average molecular weight is 232 g/mol. The lowest BCUT2D eigenvalue weighted by Gasteiger charge is -2.19. The molecule has 94 valence electrons. The predicted molar refractivity (Wildman–Crippen MR) is 58.9 cm³/mol. The first-order valence-electron chi connectivity index (χ1n) is 5.38. The lowest BCUT2D eigenvalue weighted by atomic mass is 9.98. The van der Waals surface area contributed by atoms with Crippen molar-refractivity contribution in [2.75, 3.05) is 0 Å². The van der Waals surface area contributed by atoms with Crippen LogP contribution in [-0.4, -0.2) is 34.2 Å². The minimum atomic E-state index is -0.841. The zero-order valence-electron chi connectivity index (χ0n) is 9.26. The molecule has 0 aromatic carbocycles. The molecule has 0 rings (SSSR count). The summed E-state index contributed by atoms with van der Waals surface area (Å²) in [6.45, 7) is 0. The third-order valence-electron chi connectivity index (χ3n) is 2.41. The lowest BCUT2D eigenvalue weighted by molar-refractivity contribution is -0.138. The third-order valence-corrected chi connectivity index (χ3v) is 2.41. The smallest absolute Gasteiger partial charge is 0.303 e. The molecule has 2 atom stereocenters. The van der Waals surface area contributed by atoms with Crippen LogP contribution in [0.5, 0.6) is 0 Å². The fraction of sp³-hybridized carbons (Fsp3) is 0.800. The van der Waals surface area contributed by atoms with Crippen LogP contribution in [0.1, 0.15) is 38.5 Å². The number of carboxylic acids is 2. The molecule has 0 heterocycles. The summed E-state index contributed by atoms with van der Waals surface area (Å²) in [7, 11) is 0. The zero-order chi connectivity index (χ0) is 12.6. The van der Waals surface area contributed by atoms with E-state index in [2.05, 4.69) is 0 Å². The van der Waals surface area contributed by atoms with E-state index in [4.69, 9.17) is 21.7 Å². The lowest BCUT2D eigenvalue weighted by Crippen LogP contribution is -2.41.